The summed E-state index contributed by atoms with van der Waals surface area (Å²) in [4.78, 5) is 42.5. The van der Waals surface area contributed by atoms with E-state index in [9.17, 15) is 25.0 Å². The van der Waals surface area contributed by atoms with Crippen LogP contribution in [0.2, 0.25) is 0 Å². The number of fused-ring (bicyclic) bond motifs is 1. The van der Waals surface area contributed by atoms with Gasteiger partial charge in [0, 0.05) is 18.7 Å². The van der Waals surface area contributed by atoms with Crippen LogP contribution >= 0.6 is 23.7 Å². The SMILES string of the molecule is Cc1cc(C)c2sc(N(CCCN(C)C)C(=O)c3cc([N+](=O)[O-])cc([N+](=O)[O-])c3)nc2c1.Cl. The molecule has 3 aromatic rings. The number of hydrogen-bond acceptors (Lipinski definition) is 8. The van der Waals surface area contributed by atoms with Crippen molar-refractivity contribution in [2.45, 2.75) is 20.3 Å². The third kappa shape index (κ3) is 6.01. The molecule has 0 saturated heterocycles. The Labute approximate surface area is 200 Å². The van der Waals surface area contributed by atoms with Crippen LogP contribution in [0, 0.1) is 34.1 Å². The second-order valence-electron chi connectivity index (χ2n) is 7.79. The number of anilines is 1. The van der Waals surface area contributed by atoms with Crippen molar-refractivity contribution in [2.75, 3.05) is 32.1 Å². The summed E-state index contributed by atoms with van der Waals surface area (Å²) in [6.07, 6.45) is 0.629. The first-order valence-corrected chi connectivity index (χ1v) is 10.7. The molecule has 0 aliphatic heterocycles. The first-order valence-electron chi connectivity index (χ1n) is 9.85. The molecule has 0 aliphatic rings. The standard InChI is InChI=1S/C21H23N5O5S.ClH/c1-13-8-14(2)19-18(9-13)22-21(32-19)24(7-5-6-23(3)4)20(27)15-10-16(25(28)29)12-17(11-15)26(30)31;/h8-12H,5-7H2,1-4H3;1H. The molecular weight excluding hydrogens is 470 g/mol. The molecule has 0 saturated carbocycles. The van der Waals surface area contributed by atoms with Crippen LogP contribution in [0.15, 0.2) is 30.3 Å². The summed E-state index contributed by atoms with van der Waals surface area (Å²) in [6, 6.07) is 6.94. The number of aryl methyl sites for hydroxylation is 2. The Kier molecular flexibility index (Phi) is 8.42. The number of benzene rings is 2. The Balaban J connectivity index is 0.00000385. The van der Waals surface area contributed by atoms with Crippen molar-refractivity contribution in [3.63, 3.8) is 0 Å². The first kappa shape index (κ1) is 26.1. The Morgan fingerprint density at radius 3 is 2.15 bits per heavy atom. The van der Waals surface area contributed by atoms with Gasteiger partial charge in [0.15, 0.2) is 5.13 Å². The molecular formula is C21H24ClN5O5S. The van der Waals surface area contributed by atoms with Crippen molar-refractivity contribution < 1.29 is 14.6 Å². The number of carbonyl (C=O) groups excluding carboxylic acids is 1. The molecule has 10 nitrogen and oxygen atoms in total. The average Bonchev–Trinajstić information content (AvgIpc) is 3.14. The Bertz CT molecular complexity index is 1180. The predicted octanol–water partition coefficient (Wildman–Crippen LogP) is 4.75. The topological polar surface area (TPSA) is 123 Å². The number of halogens is 1. The highest BCUT2D eigenvalue weighted by Crippen LogP contribution is 2.33. The number of nitrogens with zero attached hydrogens (tertiary/aromatic N) is 5. The van der Waals surface area contributed by atoms with Crippen molar-refractivity contribution >= 4 is 56.4 Å². The molecule has 3 rings (SSSR count). The molecule has 0 fully saturated rings. The van der Waals surface area contributed by atoms with Crippen LogP contribution in [-0.4, -0.2) is 52.8 Å². The van der Waals surface area contributed by atoms with E-state index in [0.717, 1.165) is 39.5 Å². The summed E-state index contributed by atoms with van der Waals surface area (Å²) in [5.74, 6) is -0.566. The molecule has 0 aliphatic carbocycles. The highest BCUT2D eigenvalue weighted by Gasteiger charge is 2.26. The van der Waals surface area contributed by atoms with Crippen LogP contribution in [0.3, 0.4) is 0 Å². The van der Waals surface area contributed by atoms with Crippen molar-refractivity contribution in [3.8, 4) is 0 Å². The second-order valence-corrected chi connectivity index (χ2v) is 8.77. The fourth-order valence-corrected chi connectivity index (χ4v) is 4.43. The van der Waals surface area contributed by atoms with Gasteiger partial charge in [0.05, 0.1) is 31.7 Å². The summed E-state index contributed by atoms with van der Waals surface area (Å²) < 4.78 is 0.945. The molecule has 12 heteroatoms. The first-order chi connectivity index (χ1) is 15.1. The van der Waals surface area contributed by atoms with Gasteiger partial charge < -0.3 is 4.90 Å². The molecule has 33 heavy (non-hydrogen) atoms. The zero-order valence-corrected chi connectivity index (χ0v) is 20.2. The van der Waals surface area contributed by atoms with Gasteiger partial charge in [-0.1, -0.05) is 17.4 Å². The number of nitro groups is 2. The van der Waals surface area contributed by atoms with E-state index in [1.165, 1.54) is 16.2 Å². The zero-order valence-electron chi connectivity index (χ0n) is 18.6. The molecule has 0 spiro atoms. The number of amides is 1. The summed E-state index contributed by atoms with van der Waals surface area (Å²) >= 11 is 1.36. The minimum absolute atomic E-state index is 0. The fraction of sp³-hybridized carbons (Fsp3) is 0.333. The Morgan fingerprint density at radius 1 is 1.00 bits per heavy atom. The highest BCUT2D eigenvalue weighted by molar-refractivity contribution is 7.22. The predicted molar refractivity (Wildman–Crippen MR) is 131 cm³/mol. The second kappa shape index (κ2) is 10.6. The lowest BCUT2D eigenvalue weighted by atomic mass is 10.1. The van der Waals surface area contributed by atoms with E-state index >= 15 is 0 Å². The molecule has 0 N–H and O–H groups in total. The number of rotatable bonds is 8. The summed E-state index contributed by atoms with van der Waals surface area (Å²) in [5, 5.41) is 23.0. The Hall–Kier alpha value is -3.15. The third-order valence-electron chi connectivity index (χ3n) is 4.84. The maximum Gasteiger partial charge on any atom is 0.277 e. The molecule has 0 atom stereocenters. The molecule has 0 unspecified atom stereocenters. The van der Waals surface area contributed by atoms with E-state index in [2.05, 4.69) is 4.98 Å². The molecule has 1 amide bonds. The van der Waals surface area contributed by atoms with E-state index in [0.29, 0.717) is 24.6 Å². The molecule has 1 aromatic heterocycles. The van der Waals surface area contributed by atoms with Crippen molar-refractivity contribution in [1.29, 1.82) is 0 Å². The van der Waals surface area contributed by atoms with Gasteiger partial charge in [-0.25, -0.2) is 4.98 Å². The van der Waals surface area contributed by atoms with Crippen LogP contribution in [0.5, 0.6) is 0 Å². The molecule has 0 radical (unpaired) electrons. The normalized spacial score (nSPS) is 10.8. The van der Waals surface area contributed by atoms with Gasteiger partial charge in [0.25, 0.3) is 17.3 Å². The van der Waals surface area contributed by atoms with Gasteiger partial charge in [-0.2, -0.15) is 0 Å². The minimum atomic E-state index is -0.746. The van der Waals surface area contributed by atoms with E-state index in [4.69, 9.17) is 0 Å². The van der Waals surface area contributed by atoms with E-state index in [-0.39, 0.29) is 18.0 Å². The van der Waals surface area contributed by atoms with Crippen LogP contribution in [0.1, 0.15) is 27.9 Å². The van der Waals surface area contributed by atoms with Crippen molar-refractivity contribution in [3.05, 3.63) is 67.3 Å². The molecule has 1 heterocycles. The lowest BCUT2D eigenvalue weighted by Gasteiger charge is -2.21. The van der Waals surface area contributed by atoms with E-state index in [1.807, 2.05) is 45.0 Å². The summed E-state index contributed by atoms with van der Waals surface area (Å²) in [7, 11) is 3.83. The maximum absolute atomic E-state index is 13.4. The molecule has 2 aromatic carbocycles. The van der Waals surface area contributed by atoms with Crippen LogP contribution in [0.25, 0.3) is 10.2 Å². The summed E-state index contributed by atoms with van der Waals surface area (Å²) in [5.41, 5.74) is 1.71. The van der Waals surface area contributed by atoms with Crippen molar-refractivity contribution in [1.82, 2.24) is 9.88 Å². The maximum atomic E-state index is 13.4. The lowest BCUT2D eigenvalue weighted by Crippen LogP contribution is -2.33. The smallest absolute Gasteiger partial charge is 0.277 e. The van der Waals surface area contributed by atoms with Gasteiger partial charge in [-0.05, 0) is 58.1 Å². The van der Waals surface area contributed by atoms with Gasteiger partial charge in [0.2, 0.25) is 0 Å². The zero-order chi connectivity index (χ0) is 23.6. The van der Waals surface area contributed by atoms with Gasteiger partial charge >= 0.3 is 0 Å². The van der Waals surface area contributed by atoms with Crippen LogP contribution in [0.4, 0.5) is 16.5 Å². The minimum Gasteiger partial charge on any atom is -0.309 e. The summed E-state index contributed by atoms with van der Waals surface area (Å²) in [6.45, 7) is 4.96. The average molecular weight is 494 g/mol. The highest BCUT2D eigenvalue weighted by atomic mass is 35.5. The number of hydrogen-bond donors (Lipinski definition) is 0. The number of nitro benzene ring substituents is 2. The number of non-ortho nitro benzene ring substituents is 2. The third-order valence-corrected chi connectivity index (χ3v) is 6.07. The van der Waals surface area contributed by atoms with Crippen LogP contribution < -0.4 is 4.90 Å². The van der Waals surface area contributed by atoms with E-state index < -0.39 is 27.1 Å². The monoisotopic (exact) mass is 493 g/mol. The number of thiazole rings is 1. The van der Waals surface area contributed by atoms with Gasteiger partial charge in [-0.15, -0.1) is 12.4 Å². The van der Waals surface area contributed by atoms with Crippen molar-refractivity contribution in [2.24, 2.45) is 0 Å². The fourth-order valence-electron chi connectivity index (χ4n) is 3.39. The van der Waals surface area contributed by atoms with Crippen LogP contribution in [-0.2, 0) is 0 Å². The van der Waals surface area contributed by atoms with Gasteiger partial charge in [-0.3, -0.25) is 29.9 Å². The number of carbonyl (C=O) groups is 1. The molecule has 176 valence electrons. The number of aromatic nitrogens is 1. The van der Waals surface area contributed by atoms with Gasteiger partial charge in [0.1, 0.15) is 0 Å². The quantitative estimate of drug-likeness (QED) is 0.327. The molecule has 0 bridgehead atoms. The Morgan fingerprint density at radius 2 is 1.61 bits per heavy atom. The largest absolute Gasteiger partial charge is 0.309 e. The van der Waals surface area contributed by atoms with E-state index in [1.54, 1.807) is 0 Å². The lowest BCUT2D eigenvalue weighted by molar-refractivity contribution is -0.394.